The molecule has 24 heavy (non-hydrogen) atoms. The standard InChI is InChI=1S/C16H22N6O2/c1-10(2)22-14-11(8-19-22)7-12(9-18-14)20-16(24)21-13-5-3-4-6-17-15(13)23/h7-10,13H,3-6H2,1-2H3,(H,17,23)(H2,20,21,24). The molecule has 0 aromatic carbocycles. The molecule has 1 unspecified atom stereocenters. The van der Waals surface area contributed by atoms with Crippen molar-refractivity contribution >= 4 is 28.7 Å². The first-order valence-corrected chi connectivity index (χ1v) is 8.23. The van der Waals surface area contributed by atoms with E-state index in [0.717, 1.165) is 23.9 Å². The Labute approximate surface area is 140 Å². The maximum Gasteiger partial charge on any atom is 0.319 e. The van der Waals surface area contributed by atoms with Gasteiger partial charge in [0.15, 0.2) is 5.65 Å². The lowest BCUT2D eigenvalue weighted by Crippen LogP contribution is -2.47. The number of amides is 3. The zero-order chi connectivity index (χ0) is 17.1. The van der Waals surface area contributed by atoms with E-state index in [1.165, 1.54) is 0 Å². The van der Waals surface area contributed by atoms with Crippen LogP contribution in [0.1, 0.15) is 39.2 Å². The third kappa shape index (κ3) is 3.47. The Kier molecular flexibility index (Phi) is 4.64. The summed E-state index contributed by atoms with van der Waals surface area (Å²) in [6, 6.07) is 1.13. The number of hydrogen-bond donors (Lipinski definition) is 3. The SMILES string of the molecule is CC(C)n1ncc2cc(NC(=O)NC3CCCCNC3=O)cnc21. The molecule has 3 rings (SSSR count). The molecular formula is C16H22N6O2. The summed E-state index contributed by atoms with van der Waals surface area (Å²) in [4.78, 5) is 28.4. The average molecular weight is 330 g/mol. The fraction of sp³-hybridized carbons (Fsp3) is 0.500. The Balaban J connectivity index is 1.67. The van der Waals surface area contributed by atoms with Crippen LogP contribution in [0.25, 0.3) is 11.0 Å². The molecule has 8 nitrogen and oxygen atoms in total. The normalized spacial score (nSPS) is 18.3. The Morgan fingerprint density at radius 2 is 2.21 bits per heavy atom. The van der Waals surface area contributed by atoms with Crippen molar-refractivity contribution in [2.75, 3.05) is 11.9 Å². The molecule has 0 spiro atoms. The molecule has 8 heteroatoms. The van der Waals surface area contributed by atoms with Gasteiger partial charge in [0.1, 0.15) is 6.04 Å². The molecule has 1 saturated heterocycles. The van der Waals surface area contributed by atoms with E-state index >= 15 is 0 Å². The third-order valence-electron chi connectivity index (χ3n) is 4.02. The van der Waals surface area contributed by atoms with Crippen molar-refractivity contribution in [1.82, 2.24) is 25.4 Å². The second-order valence-corrected chi connectivity index (χ2v) is 6.26. The van der Waals surface area contributed by atoms with Gasteiger partial charge >= 0.3 is 6.03 Å². The summed E-state index contributed by atoms with van der Waals surface area (Å²) < 4.78 is 1.83. The molecule has 1 fully saturated rings. The largest absolute Gasteiger partial charge is 0.354 e. The van der Waals surface area contributed by atoms with Crippen LogP contribution in [-0.4, -0.2) is 39.3 Å². The number of aromatic nitrogens is 3. The van der Waals surface area contributed by atoms with Crippen LogP contribution in [0.2, 0.25) is 0 Å². The zero-order valence-electron chi connectivity index (χ0n) is 13.9. The molecule has 128 valence electrons. The number of anilines is 1. The van der Waals surface area contributed by atoms with E-state index in [1.54, 1.807) is 12.4 Å². The molecule has 2 aromatic heterocycles. The van der Waals surface area contributed by atoms with E-state index in [4.69, 9.17) is 0 Å². The number of hydrogen-bond acceptors (Lipinski definition) is 4. The van der Waals surface area contributed by atoms with Crippen molar-refractivity contribution in [3.63, 3.8) is 0 Å². The van der Waals surface area contributed by atoms with Crippen molar-refractivity contribution in [1.29, 1.82) is 0 Å². The number of rotatable bonds is 3. The molecule has 1 aliphatic rings. The Hall–Kier alpha value is -2.64. The fourth-order valence-electron chi connectivity index (χ4n) is 2.79. The van der Waals surface area contributed by atoms with Crippen LogP contribution in [0, 0.1) is 0 Å². The van der Waals surface area contributed by atoms with E-state index < -0.39 is 12.1 Å². The van der Waals surface area contributed by atoms with Crippen molar-refractivity contribution in [2.24, 2.45) is 0 Å². The molecule has 0 aliphatic carbocycles. The van der Waals surface area contributed by atoms with E-state index in [-0.39, 0.29) is 11.9 Å². The summed E-state index contributed by atoms with van der Waals surface area (Å²) in [6.45, 7) is 4.73. The summed E-state index contributed by atoms with van der Waals surface area (Å²) in [6.07, 6.45) is 5.81. The first-order valence-electron chi connectivity index (χ1n) is 8.23. The molecule has 2 aromatic rings. The molecule has 0 radical (unpaired) electrons. The topological polar surface area (TPSA) is 101 Å². The predicted molar refractivity (Wildman–Crippen MR) is 90.7 cm³/mol. The fourth-order valence-corrected chi connectivity index (χ4v) is 2.79. The van der Waals surface area contributed by atoms with Gasteiger partial charge in [0, 0.05) is 18.0 Å². The van der Waals surface area contributed by atoms with Crippen LogP contribution in [0.3, 0.4) is 0 Å². The van der Waals surface area contributed by atoms with E-state index in [0.29, 0.717) is 18.7 Å². The minimum atomic E-state index is -0.493. The van der Waals surface area contributed by atoms with Gasteiger partial charge in [-0.3, -0.25) is 4.79 Å². The van der Waals surface area contributed by atoms with Gasteiger partial charge in [0.05, 0.1) is 18.1 Å². The van der Waals surface area contributed by atoms with Gasteiger partial charge in [-0.25, -0.2) is 14.5 Å². The number of urea groups is 1. The molecule has 0 bridgehead atoms. The third-order valence-corrected chi connectivity index (χ3v) is 4.02. The molecular weight excluding hydrogens is 308 g/mol. The molecule has 3 N–H and O–H groups in total. The highest BCUT2D eigenvalue weighted by Crippen LogP contribution is 2.19. The Morgan fingerprint density at radius 1 is 1.38 bits per heavy atom. The smallest absolute Gasteiger partial charge is 0.319 e. The molecule has 3 heterocycles. The average Bonchev–Trinajstić information content (AvgIpc) is 2.86. The van der Waals surface area contributed by atoms with Gasteiger partial charge in [-0.05, 0) is 39.2 Å². The van der Waals surface area contributed by atoms with Gasteiger partial charge in [-0.2, -0.15) is 5.10 Å². The second-order valence-electron chi connectivity index (χ2n) is 6.26. The molecule has 0 saturated carbocycles. The number of fused-ring (bicyclic) bond motifs is 1. The molecule has 3 amide bonds. The lowest BCUT2D eigenvalue weighted by Gasteiger charge is -2.15. The summed E-state index contributed by atoms with van der Waals surface area (Å²) in [5.74, 6) is -0.130. The van der Waals surface area contributed by atoms with Gasteiger partial charge < -0.3 is 16.0 Å². The number of carbonyl (C=O) groups is 2. The zero-order valence-corrected chi connectivity index (χ0v) is 13.9. The number of carbonyl (C=O) groups excluding carboxylic acids is 2. The van der Waals surface area contributed by atoms with Crippen LogP contribution in [0.4, 0.5) is 10.5 Å². The van der Waals surface area contributed by atoms with Crippen molar-refractivity contribution in [3.8, 4) is 0 Å². The summed E-state index contributed by atoms with van der Waals surface area (Å²) in [5, 5.41) is 13.4. The quantitative estimate of drug-likeness (QED) is 0.799. The summed E-state index contributed by atoms with van der Waals surface area (Å²) in [5.41, 5.74) is 1.34. The first-order chi connectivity index (χ1) is 11.5. The van der Waals surface area contributed by atoms with Crippen molar-refractivity contribution < 1.29 is 9.59 Å². The number of nitrogens with zero attached hydrogens (tertiary/aromatic N) is 3. The monoisotopic (exact) mass is 330 g/mol. The van der Waals surface area contributed by atoms with E-state index in [1.807, 2.05) is 24.6 Å². The minimum Gasteiger partial charge on any atom is -0.354 e. The predicted octanol–water partition coefficient (Wildman–Crippen LogP) is 1.80. The van der Waals surface area contributed by atoms with Crippen molar-refractivity contribution in [3.05, 3.63) is 18.5 Å². The van der Waals surface area contributed by atoms with Gasteiger partial charge in [0.25, 0.3) is 0 Å². The Morgan fingerprint density at radius 3 is 3.00 bits per heavy atom. The lowest BCUT2D eigenvalue weighted by molar-refractivity contribution is -0.122. The molecule has 1 aliphatic heterocycles. The van der Waals surface area contributed by atoms with Crippen LogP contribution in [-0.2, 0) is 4.79 Å². The number of pyridine rings is 1. The van der Waals surface area contributed by atoms with Crippen LogP contribution >= 0.6 is 0 Å². The first kappa shape index (κ1) is 16.2. The van der Waals surface area contributed by atoms with E-state index in [2.05, 4.69) is 26.0 Å². The minimum absolute atomic E-state index is 0.130. The summed E-state index contributed by atoms with van der Waals surface area (Å²) >= 11 is 0. The van der Waals surface area contributed by atoms with Crippen LogP contribution < -0.4 is 16.0 Å². The highest BCUT2D eigenvalue weighted by atomic mass is 16.2. The maximum atomic E-state index is 12.1. The lowest BCUT2D eigenvalue weighted by atomic mass is 10.1. The number of nitrogens with one attached hydrogen (secondary N) is 3. The second kappa shape index (κ2) is 6.86. The van der Waals surface area contributed by atoms with Crippen molar-refractivity contribution in [2.45, 2.75) is 45.2 Å². The van der Waals surface area contributed by atoms with Gasteiger partial charge in [-0.1, -0.05) is 0 Å². The van der Waals surface area contributed by atoms with Crippen LogP contribution in [0.15, 0.2) is 18.5 Å². The van der Waals surface area contributed by atoms with Gasteiger partial charge in [0.2, 0.25) is 5.91 Å². The van der Waals surface area contributed by atoms with E-state index in [9.17, 15) is 9.59 Å². The van der Waals surface area contributed by atoms with Crippen LogP contribution in [0.5, 0.6) is 0 Å². The van der Waals surface area contributed by atoms with Gasteiger partial charge in [-0.15, -0.1) is 0 Å². The Bertz CT molecular complexity index is 754. The highest BCUT2D eigenvalue weighted by Gasteiger charge is 2.22. The maximum absolute atomic E-state index is 12.1. The highest BCUT2D eigenvalue weighted by molar-refractivity contribution is 5.94. The summed E-state index contributed by atoms with van der Waals surface area (Å²) in [7, 11) is 0. The molecule has 1 atom stereocenters.